The Bertz CT molecular complexity index is 794. The fourth-order valence-electron chi connectivity index (χ4n) is 5.31. The number of nitrogens with zero attached hydrogens (tertiary/aromatic N) is 1. The molecule has 0 amide bonds. The summed E-state index contributed by atoms with van der Waals surface area (Å²) in [6, 6.07) is 16.0. The minimum absolute atomic E-state index is 0.114. The van der Waals surface area contributed by atoms with Gasteiger partial charge in [0.25, 0.3) is 0 Å². The molecule has 1 fully saturated rings. The van der Waals surface area contributed by atoms with Gasteiger partial charge in [0.1, 0.15) is 0 Å². The van der Waals surface area contributed by atoms with Crippen molar-refractivity contribution in [1.82, 2.24) is 4.90 Å². The Morgan fingerprint density at radius 3 is 2.62 bits per heavy atom. The van der Waals surface area contributed by atoms with Crippen LogP contribution in [0, 0.1) is 0 Å². The van der Waals surface area contributed by atoms with E-state index in [0.29, 0.717) is 12.0 Å². The van der Waals surface area contributed by atoms with Crippen LogP contribution in [0.25, 0.3) is 0 Å². The van der Waals surface area contributed by atoms with Crippen LogP contribution in [0.2, 0.25) is 5.02 Å². The van der Waals surface area contributed by atoms with Crippen LogP contribution < -0.4 is 5.73 Å². The fraction of sp³-hybridized carbons (Fsp3) is 0.429. The highest BCUT2D eigenvalue weighted by molar-refractivity contribution is 6.30. The van der Waals surface area contributed by atoms with Crippen LogP contribution in [0.15, 0.2) is 42.5 Å². The van der Waals surface area contributed by atoms with Crippen LogP contribution in [-0.4, -0.2) is 30.6 Å². The molecule has 2 nitrogen and oxygen atoms in total. The number of nitrogens with two attached hydrogens (primary N) is 1. The SMILES string of the molecule is NC1CCN(C[C@@]23C[C@H](c4ccccc42)c2ccc(Cl)cc23)CC1. The third kappa shape index (κ3) is 2.03. The van der Waals surface area contributed by atoms with Crippen molar-refractivity contribution in [2.45, 2.75) is 36.6 Å². The van der Waals surface area contributed by atoms with Crippen LogP contribution in [0.1, 0.15) is 47.4 Å². The highest BCUT2D eigenvalue weighted by Crippen LogP contribution is 2.60. The van der Waals surface area contributed by atoms with Crippen molar-refractivity contribution in [3.63, 3.8) is 0 Å². The lowest BCUT2D eigenvalue weighted by Crippen LogP contribution is -2.46. The second-order valence-corrected chi connectivity index (χ2v) is 8.21. The van der Waals surface area contributed by atoms with Crippen molar-refractivity contribution in [1.29, 1.82) is 0 Å². The molecule has 5 rings (SSSR count). The van der Waals surface area contributed by atoms with Crippen molar-refractivity contribution in [2.75, 3.05) is 19.6 Å². The molecule has 124 valence electrons. The van der Waals surface area contributed by atoms with Gasteiger partial charge in [-0.2, -0.15) is 0 Å². The summed E-state index contributed by atoms with van der Waals surface area (Å²) >= 11 is 6.38. The molecule has 2 aromatic rings. The molecule has 24 heavy (non-hydrogen) atoms. The molecule has 2 N–H and O–H groups in total. The third-order valence-corrected chi connectivity index (χ3v) is 6.67. The van der Waals surface area contributed by atoms with Gasteiger partial charge in [0.2, 0.25) is 0 Å². The maximum Gasteiger partial charge on any atom is 0.0409 e. The normalized spacial score (nSPS) is 28.8. The van der Waals surface area contributed by atoms with Gasteiger partial charge in [-0.05, 0) is 66.7 Å². The molecule has 3 heteroatoms. The average Bonchev–Trinajstić information content (AvgIpc) is 3.09. The van der Waals surface area contributed by atoms with E-state index in [9.17, 15) is 0 Å². The highest BCUT2D eigenvalue weighted by atomic mass is 35.5. The van der Waals surface area contributed by atoms with E-state index in [1.807, 2.05) is 0 Å². The Labute approximate surface area is 148 Å². The Morgan fingerprint density at radius 2 is 1.79 bits per heavy atom. The molecule has 0 radical (unpaired) electrons. The first-order valence-corrected chi connectivity index (χ1v) is 9.42. The molecule has 2 aliphatic carbocycles. The van der Waals surface area contributed by atoms with E-state index in [1.165, 1.54) is 28.7 Å². The molecule has 3 aliphatic rings. The topological polar surface area (TPSA) is 29.3 Å². The van der Waals surface area contributed by atoms with Crippen molar-refractivity contribution >= 4 is 11.6 Å². The smallest absolute Gasteiger partial charge is 0.0409 e. The molecule has 1 aliphatic heterocycles. The molecule has 0 saturated carbocycles. The van der Waals surface area contributed by atoms with Crippen LogP contribution in [-0.2, 0) is 5.41 Å². The van der Waals surface area contributed by atoms with Crippen molar-refractivity contribution in [3.05, 3.63) is 69.7 Å². The van der Waals surface area contributed by atoms with Gasteiger partial charge in [0, 0.05) is 28.9 Å². The number of hydrogen-bond donors (Lipinski definition) is 1. The second kappa shape index (κ2) is 5.32. The second-order valence-electron chi connectivity index (χ2n) is 7.77. The van der Waals surface area contributed by atoms with Gasteiger partial charge in [-0.25, -0.2) is 0 Å². The minimum atomic E-state index is 0.114. The molecular weight excluding hydrogens is 316 g/mol. The Hall–Kier alpha value is -1.35. The lowest BCUT2D eigenvalue weighted by molar-refractivity contribution is 0.181. The molecule has 2 atom stereocenters. The number of halogens is 1. The first-order valence-electron chi connectivity index (χ1n) is 9.05. The summed E-state index contributed by atoms with van der Waals surface area (Å²) in [6.45, 7) is 3.33. The van der Waals surface area contributed by atoms with Gasteiger partial charge in [-0.15, -0.1) is 0 Å². The number of piperidine rings is 1. The van der Waals surface area contributed by atoms with Gasteiger partial charge in [-0.1, -0.05) is 41.9 Å². The first kappa shape index (κ1) is 14.9. The largest absolute Gasteiger partial charge is 0.328 e. The van der Waals surface area contributed by atoms with E-state index in [0.717, 1.165) is 37.5 Å². The van der Waals surface area contributed by atoms with Crippen LogP contribution >= 0.6 is 11.6 Å². The van der Waals surface area contributed by atoms with Gasteiger partial charge in [0.05, 0.1) is 0 Å². The van der Waals surface area contributed by atoms with Gasteiger partial charge in [-0.3, -0.25) is 0 Å². The molecular formula is C21H23ClN2. The quantitative estimate of drug-likeness (QED) is 0.899. The average molecular weight is 339 g/mol. The monoisotopic (exact) mass is 338 g/mol. The number of fused-ring (bicyclic) bond motifs is 8. The predicted molar refractivity (Wildman–Crippen MR) is 98.8 cm³/mol. The Morgan fingerprint density at radius 1 is 1.04 bits per heavy atom. The van der Waals surface area contributed by atoms with Gasteiger partial charge in [0.15, 0.2) is 0 Å². The molecule has 0 unspecified atom stereocenters. The summed E-state index contributed by atoms with van der Waals surface area (Å²) < 4.78 is 0. The number of likely N-dealkylation sites (tertiary alicyclic amines) is 1. The molecule has 2 bridgehead atoms. The van der Waals surface area contributed by atoms with E-state index in [1.54, 1.807) is 0 Å². The standard InChI is InChI=1S/C21H23ClN2/c22-14-5-6-17-18-12-21(20(17)11-14,19-4-2-1-3-16(18)19)13-24-9-7-15(23)8-10-24/h1-6,11,15,18H,7-10,12-13,23H2/t18-,21+/m1/s1. The molecule has 2 aromatic carbocycles. The minimum Gasteiger partial charge on any atom is -0.328 e. The molecule has 1 saturated heterocycles. The van der Waals surface area contributed by atoms with E-state index < -0.39 is 0 Å². The highest BCUT2D eigenvalue weighted by Gasteiger charge is 2.53. The number of benzene rings is 2. The summed E-state index contributed by atoms with van der Waals surface area (Å²) in [4.78, 5) is 2.62. The molecule has 1 heterocycles. The van der Waals surface area contributed by atoms with Crippen molar-refractivity contribution in [3.8, 4) is 0 Å². The number of hydrogen-bond acceptors (Lipinski definition) is 2. The zero-order valence-corrected chi connectivity index (χ0v) is 14.6. The Balaban J connectivity index is 1.60. The van der Waals surface area contributed by atoms with Gasteiger partial charge >= 0.3 is 0 Å². The van der Waals surface area contributed by atoms with Crippen LogP contribution in [0.3, 0.4) is 0 Å². The lowest BCUT2D eigenvalue weighted by Gasteiger charge is -2.39. The molecule has 0 aromatic heterocycles. The maximum absolute atomic E-state index is 6.38. The zero-order chi connectivity index (χ0) is 16.3. The van der Waals surface area contributed by atoms with Crippen molar-refractivity contribution in [2.24, 2.45) is 5.73 Å². The van der Waals surface area contributed by atoms with Crippen LogP contribution in [0.4, 0.5) is 0 Å². The fourth-order valence-corrected chi connectivity index (χ4v) is 5.48. The van der Waals surface area contributed by atoms with E-state index >= 15 is 0 Å². The maximum atomic E-state index is 6.38. The summed E-state index contributed by atoms with van der Waals surface area (Å²) in [5.41, 5.74) is 12.2. The number of rotatable bonds is 2. The zero-order valence-electron chi connectivity index (χ0n) is 13.8. The third-order valence-electron chi connectivity index (χ3n) is 6.44. The summed E-state index contributed by atoms with van der Waals surface area (Å²) in [6.07, 6.45) is 3.43. The summed E-state index contributed by atoms with van der Waals surface area (Å²) in [5, 5.41) is 0.860. The first-order chi connectivity index (χ1) is 11.7. The van der Waals surface area contributed by atoms with Crippen LogP contribution in [0.5, 0.6) is 0 Å². The predicted octanol–water partition coefficient (Wildman–Crippen LogP) is 3.90. The van der Waals surface area contributed by atoms with E-state index in [4.69, 9.17) is 17.3 Å². The molecule has 0 spiro atoms. The van der Waals surface area contributed by atoms with Gasteiger partial charge < -0.3 is 10.6 Å². The summed E-state index contributed by atoms with van der Waals surface area (Å²) in [7, 11) is 0. The van der Waals surface area contributed by atoms with Crippen molar-refractivity contribution < 1.29 is 0 Å². The lowest BCUT2D eigenvalue weighted by atomic mass is 9.74. The Kier molecular flexibility index (Phi) is 3.31. The van der Waals surface area contributed by atoms with E-state index in [-0.39, 0.29) is 5.41 Å². The van der Waals surface area contributed by atoms with E-state index in [2.05, 4.69) is 47.4 Å². The summed E-state index contributed by atoms with van der Waals surface area (Å²) in [5.74, 6) is 0.542.